The molecule has 0 N–H and O–H groups in total. The van der Waals surface area contributed by atoms with Gasteiger partial charge in [0.25, 0.3) is 0 Å². The molecular weight excluding hydrogens is 781 g/mol. The Morgan fingerprint density at radius 1 is 0.536 bits per heavy atom. The molecule has 5 aromatic heterocycles. The summed E-state index contributed by atoms with van der Waals surface area (Å²) < 4.78 is 11.2. The molecule has 0 spiro atoms. The molecule has 5 heterocycles. The van der Waals surface area contributed by atoms with E-state index in [1.165, 1.54) is 22.3 Å². The van der Waals surface area contributed by atoms with E-state index in [-0.39, 0.29) is 20.4 Å². The van der Waals surface area contributed by atoms with Gasteiger partial charge in [-0.1, -0.05) is 134 Å². The summed E-state index contributed by atoms with van der Waals surface area (Å²) in [6, 6.07) is 47.6. The quantitative estimate of drug-likeness (QED) is 0.0986. The minimum Gasteiger partial charge on any atom is -0.497 e. The van der Waals surface area contributed by atoms with Crippen LogP contribution < -0.4 is 4.74 Å². The molecule has 0 unspecified atom stereocenters. The summed E-state index contributed by atoms with van der Waals surface area (Å²) >= 11 is 0. The SMILES string of the molecule is CC(C)c1cccc(C(C)C)c1-c1cccc2c3ccc(Oc4[c-]c5c(cc4)c4cnccc4n4c6ccccc6nc54)[c-]c3c3nc4ccccc4n3c12.[Pd+2]. The fourth-order valence-corrected chi connectivity index (χ4v) is 8.70. The molecule has 56 heavy (non-hydrogen) atoms. The minimum atomic E-state index is 0. The first-order chi connectivity index (χ1) is 26.9. The molecule has 11 rings (SSSR count). The van der Waals surface area contributed by atoms with Crippen LogP contribution in [0.5, 0.6) is 11.5 Å². The standard InChI is InChI=1S/C49H35N5O.Pd/c1-28(2)32-11-9-12-33(29(3)4)46(32)37-14-10-13-36-34-21-19-30(25-38(34)49-52-42-16-6-8-18-45(42)54(49)47(36)37)55-31-20-22-35-39(26-31)48-51-41-15-5-7-17-44(41)53(48)43-23-24-50-27-40(35)43;/h5-24,27-29H,1-4H3;/q-2;+2. The van der Waals surface area contributed by atoms with Gasteiger partial charge < -0.3 is 13.5 Å². The number of imidazole rings is 2. The second-order valence-corrected chi connectivity index (χ2v) is 15.1. The molecule has 0 aliphatic carbocycles. The van der Waals surface area contributed by atoms with Crippen LogP contribution in [-0.2, 0) is 20.4 Å². The number of pyridine rings is 3. The van der Waals surface area contributed by atoms with Gasteiger partial charge in [0.1, 0.15) is 0 Å². The zero-order chi connectivity index (χ0) is 36.9. The minimum absolute atomic E-state index is 0. The van der Waals surface area contributed by atoms with Crippen LogP contribution in [0.3, 0.4) is 0 Å². The molecular formula is C49H35N5OPd. The maximum absolute atomic E-state index is 6.64. The van der Waals surface area contributed by atoms with Gasteiger partial charge in [0, 0.05) is 40.5 Å². The number of hydrogen-bond acceptors (Lipinski definition) is 4. The van der Waals surface area contributed by atoms with Gasteiger partial charge in [-0.15, -0.1) is 12.1 Å². The van der Waals surface area contributed by atoms with E-state index in [9.17, 15) is 0 Å². The Kier molecular flexibility index (Phi) is 7.97. The van der Waals surface area contributed by atoms with Gasteiger partial charge in [-0.25, -0.2) is 0 Å². The Hall–Kier alpha value is -6.13. The fraction of sp³-hybridized carbons (Fsp3) is 0.122. The summed E-state index contributed by atoms with van der Waals surface area (Å²) in [5.74, 6) is 1.89. The molecule has 0 atom stereocenters. The second kappa shape index (κ2) is 13.0. The van der Waals surface area contributed by atoms with Gasteiger partial charge in [0.05, 0.1) is 33.4 Å². The Balaban J connectivity index is 0.00000384. The third kappa shape index (κ3) is 5.01. The van der Waals surface area contributed by atoms with Crippen molar-refractivity contribution in [1.29, 1.82) is 0 Å². The predicted octanol–water partition coefficient (Wildman–Crippen LogP) is 12.6. The summed E-state index contributed by atoms with van der Waals surface area (Å²) in [5.41, 5.74) is 13.1. The van der Waals surface area contributed by atoms with E-state index in [0.717, 1.165) is 76.7 Å². The first-order valence-corrected chi connectivity index (χ1v) is 18.9. The molecule has 11 aromatic rings. The van der Waals surface area contributed by atoms with Crippen molar-refractivity contribution in [3.63, 3.8) is 0 Å². The average molecular weight is 816 g/mol. The molecule has 6 aromatic carbocycles. The zero-order valence-corrected chi connectivity index (χ0v) is 32.8. The number of hydrogen-bond donors (Lipinski definition) is 0. The van der Waals surface area contributed by atoms with Gasteiger partial charge in [-0.3, -0.25) is 15.0 Å². The summed E-state index contributed by atoms with van der Waals surface area (Å²) in [6.45, 7) is 9.14. The number of fused-ring (bicyclic) bond motifs is 16. The molecule has 0 aliphatic heterocycles. The molecule has 272 valence electrons. The molecule has 0 bridgehead atoms. The number of benzene rings is 6. The van der Waals surface area contributed by atoms with E-state index in [0.29, 0.717) is 23.3 Å². The van der Waals surface area contributed by atoms with Gasteiger partial charge in [0.15, 0.2) is 0 Å². The third-order valence-corrected chi connectivity index (χ3v) is 11.1. The van der Waals surface area contributed by atoms with Crippen molar-refractivity contribution < 1.29 is 25.2 Å². The first-order valence-electron chi connectivity index (χ1n) is 18.9. The molecule has 0 saturated carbocycles. The molecule has 0 radical (unpaired) electrons. The molecule has 6 nitrogen and oxygen atoms in total. The van der Waals surface area contributed by atoms with E-state index in [2.05, 4.69) is 132 Å². The maximum Gasteiger partial charge on any atom is 2.00 e. The van der Waals surface area contributed by atoms with Crippen LogP contribution in [-0.4, -0.2) is 23.8 Å². The van der Waals surface area contributed by atoms with Crippen LogP contribution >= 0.6 is 0 Å². The largest absolute Gasteiger partial charge is 2.00 e. The predicted molar refractivity (Wildman–Crippen MR) is 225 cm³/mol. The number of aromatic nitrogens is 5. The van der Waals surface area contributed by atoms with Gasteiger partial charge in [-0.05, 0) is 69.6 Å². The number of ether oxygens (including phenoxy) is 1. The van der Waals surface area contributed by atoms with Gasteiger partial charge in [0.2, 0.25) is 0 Å². The van der Waals surface area contributed by atoms with Crippen molar-refractivity contribution in [2.45, 2.75) is 39.5 Å². The van der Waals surface area contributed by atoms with E-state index in [4.69, 9.17) is 14.7 Å². The van der Waals surface area contributed by atoms with Gasteiger partial charge >= 0.3 is 20.4 Å². The van der Waals surface area contributed by atoms with Crippen LogP contribution in [0, 0.1) is 12.1 Å². The number of nitrogens with zero attached hydrogens (tertiary/aromatic N) is 5. The van der Waals surface area contributed by atoms with E-state index in [1.807, 2.05) is 48.8 Å². The molecule has 0 saturated heterocycles. The van der Waals surface area contributed by atoms with E-state index in [1.54, 1.807) is 0 Å². The summed E-state index contributed by atoms with van der Waals surface area (Å²) in [5, 5.41) is 6.05. The topological polar surface area (TPSA) is 56.7 Å². The monoisotopic (exact) mass is 815 g/mol. The summed E-state index contributed by atoms with van der Waals surface area (Å²) in [7, 11) is 0. The zero-order valence-electron chi connectivity index (χ0n) is 31.2. The normalized spacial score (nSPS) is 12.1. The molecule has 0 aliphatic rings. The second-order valence-electron chi connectivity index (χ2n) is 15.1. The van der Waals surface area contributed by atoms with Crippen LogP contribution in [0.2, 0.25) is 0 Å². The van der Waals surface area contributed by atoms with E-state index < -0.39 is 0 Å². The van der Waals surface area contributed by atoms with Crippen molar-refractivity contribution in [2.24, 2.45) is 0 Å². The van der Waals surface area contributed by atoms with Gasteiger partial charge in [-0.2, -0.15) is 0 Å². The first kappa shape index (κ1) is 34.4. The van der Waals surface area contributed by atoms with Crippen molar-refractivity contribution in [3.8, 4) is 22.6 Å². The third-order valence-electron chi connectivity index (χ3n) is 11.1. The van der Waals surface area contributed by atoms with Crippen LogP contribution in [0.1, 0.15) is 50.7 Å². The number of rotatable bonds is 5. The molecule has 7 heteroatoms. The Morgan fingerprint density at radius 2 is 1.11 bits per heavy atom. The van der Waals surface area contributed by atoms with Crippen LogP contribution in [0.4, 0.5) is 0 Å². The molecule has 0 fully saturated rings. The Bertz CT molecular complexity index is 3350. The number of para-hydroxylation sites is 5. The van der Waals surface area contributed by atoms with E-state index >= 15 is 0 Å². The Morgan fingerprint density at radius 3 is 1.75 bits per heavy atom. The van der Waals surface area contributed by atoms with Crippen molar-refractivity contribution >= 4 is 76.7 Å². The average Bonchev–Trinajstić information content (AvgIpc) is 3.80. The Labute approximate surface area is 337 Å². The molecule has 0 amide bonds. The van der Waals surface area contributed by atoms with Crippen molar-refractivity contribution in [2.75, 3.05) is 0 Å². The fourth-order valence-electron chi connectivity index (χ4n) is 8.70. The summed E-state index contributed by atoms with van der Waals surface area (Å²) in [4.78, 5) is 14.8. The van der Waals surface area contributed by atoms with Crippen molar-refractivity contribution in [3.05, 3.63) is 151 Å². The smallest absolute Gasteiger partial charge is 0.497 e. The maximum atomic E-state index is 6.64. The van der Waals surface area contributed by atoms with Crippen LogP contribution in [0.15, 0.2) is 128 Å². The summed E-state index contributed by atoms with van der Waals surface area (Å²) in [6.07, 6.45) is 3.74. The van der Waals surface area contributed by atoms with Crippen LogP contribution in [0.25, 0.3) is 87.8 Å². The van der Waals surface area contributed by atoms with Crippen molar-refractivity contribution in [1.82, 2.24) is 23.8 Å².